The number of carbonyl (C=O) groups excluding carboxylic acids is 2. The minimum atomic E-state index is -0.531. The smallest absolute Gasteiger partial charge is 0.261 e. The number of anilines is 1. The zero-order chi connectivity index (χ0) is 18.5. The number of amides is 2. The molecule has 2 aromatic carbocycles. The van der Waals surface area contributed by atoms with E-state index in [0.29, 0.717) is 30.2 Å². The fourth-order valence-electron chi connectivity index (χ4n) is 2.82. The Hall–Kier alpha value is -2.53. The molecule has 0 bridgehead atoms. The van der Waals surface area contributed by atoms with E-state index >= 15 is 0 Å². The number of halogens is 1. The fraction of sp³-hybridized carbons (Fsp3) is 0.300. The van der Waals surface area contributed by atoms with Gasteiger partial charge in [0.15, 0.2) is 6.10 Å². The predicted molar refractivity (Wildman–Crippen MR) is 101 cm³/mol. The van der Waals surface area contributed by atoms with Crippen molar-refractivity contribution in [2.45, 2.75) is 38.8 Å². The van der Waals surface area contributed by atoms with Gasteiger partial charge >= 0.3 is 0 Å². The van der Waals surface area contributed by atoms with Gasteiger partial charge in [-0.1, -0.05) is 30.7 Å². The summed E-state index contributed by atoms with van der Waals surface area (Å²) >= 11 is 5.97. The molecule has 1 atom stereocenters. The first-order chi connectivity index (χ1) is 12.5. The van der Waals surface area contributed by atoms with E-state index in [1.54, 1.807) is 12.1 Å². The first kappa shape index (κ1) is 18.3. The molecule has 0 fully saturated rings. The predicted octanol–water partition coefficient (Wildman–Crippen LogP) is 3.70. The molecule has 0 saturated carbocycles. The summed E-state index contributed by atoms with van der Waals surface area (Å²) in [5.41, 5.74) is 2.65. The normalized spacial score (nSPS) is 15.1. The first-order valence-electron chi connectivity index (χ1n) is 8.66. The van der Waals surface area contributed by atoms with Gasteiger partial charge in [-0.05, 0) is 47.9 Å². The van der Waals surface area contributed by atoms with Crippen LogP contribution in [0.25, 0.3) is 0 Å². The van der Waals surface area contributed by atoms with Gasteiger partial charge in [-0.25, -0.2) is 0 Å². The van der Waals surface area contributed by atoms with Crippen molar-refractivity contribution in [2.75, 3.05) is 5.32 Å². The molecule has 1 aliphatic heterocycles. The average Bonchev–Trinajstić information content (AvgIpc) is 3.04. The summed E-state index contributed by atoms with van der Waals surface area (Å²) in [5.74, 6) is 0.561. The quantitative estimate of drug-likeness (QED) is 0.812. The SMILES string of the molecule is CCCC(=O)Nc1ccc(CNC(=O)C2Cc3cc(Cl)ccc3O2)cc1. The Morgan fingerprint density at radius 2 is 1.96 bits per heavy atom. The molecule has 0 aliphatic carbocycles. The van der Waals surface area contributed by atoms with Crippen LogP contribution in [0.2, 0.25) is 5.02 Å². The Morgan fingerprint density at radius 3 is 2.69 bits per heavy atom. The standard InChI is InChI=1S/C20H21ClN2O3/c1-2-3-19(24)23-16-7-4-13(5-8-16)12-22-20(25)18-11-14-10-15(21)6-9-17(14)26-18/h4-10,18H,2-3,11-12H2,1H3,(H,22,25)(H,23,24). The summed E-state index contributed by atoms with van der Waals surface area (Å²) in [6.07, 6.45) is 1.31. The van der Waals surface area contributed by atoms with Crippen molar-refractivity contribution in [1.29, 1.82) is 0 Å². The number of nitrogens with one attached hydrogen (secondary N) is 2. The molecule has 6 heteroatoms. The minimum Gasteiger partial charge on any atom is -0.480 e. The summed E-state index contributed by atoms with van der Waals surface area (Å²) in [5, 5.41) is 6.36. The number of carbonyl (C=O) groups is 2. The van der Waals surface area contributed by atoms with Gasteiger partial charge in [0.2, 0.25) is 5.91 Å². The second kappa shape index (κ2) is 8.23. The van der Waals surface area contributed by atoms with Gasteiger partial charge in [-0.2, -0.15) is 0 Å². The first-order valence-corrected chi connectivity index (χ1v) is 9.04. The molecule has 136 valence electrons. The molecular formula is C20H21ClN2O3. The van der Waals surface area contributed by atoms with E-state index in [1.165, 1.54) is 0 Å². The van der Waals surface area contributed by atoms with Crippen LogP contribution in [0.15, 0.2) is 42.5 Å². The lowest BCUT2D eigenvalue weighted by Gasteiger charge is -2.12. The van der Waals surface area contributed by atoms with Crippen LogP contribution in [0.1, 0.15) is 30.9 Å². The van der Waals surface area contributed by atoms with Gasteiger partial charge in [0.25, 0.3) is 5.91 Å². The molecule has 2 aromatic rings. The molecular weight excluding hydrogens is 352 g/mol. The van der Waals surface area contributed by atoms with Crippen molar-refractivity contribution in [1.82, 2.24) is 5.32 Å². The van der Waals surface area contributed by atoms with Crippen LogP contribution in [0.3, 0.4) is 0 Å². The lowest BCUT2D eigenvalue weighted by molar-refractivity contribution is -0.127. The van der Waals surface area contributed by atoms with Gasteiger partial charge in [-0.15, -0.1) is 0 Å². The van der Waals surface area contributed by atoms with Gasteiger partial charge in [0.1, 0.15) is 5.75 Å². The van der Waals surface area contributed by atoms with Crippen molar-refractivity contribution in [3.8, 4) is 5.75 Å². The molecule has 1 heterocycles. The lowest BCUT2D eigenvalue weighted by Crippen LogP contribution is -2.37. The highest BCUT2D eigenvalue weighted by molar-refractivity contribution is 6.30. The van der Waals surface area contributed by atoms with Crippen LogP contribution < -0.4 is 15.4 Å². The number of hydrogen-bond acceptors (Lipinski definition) is 3. The van der Waals surface area contributed by atoms with Crippen LogP contribution in [0.4, 0.5) is 5.69 Å². The maximum Gasteiger partial charge on any atom is 0.261 e. The molecule has 0 aromatic heterocycles. The molecule has 5 nitrogen and oxygen atoms in total. The second-order valence-corrected chi connectivity index (χ2v) is 6.71. The highest BCUT2D eigenvalue weighted by Gasteiger charge is 2.28. The third-order valence-electron chi connectivity index (χ3n) is 4.17. The number of ether oxygens (including phenoxy) is 1. The van der Waals surface area contributed by atoms with E-state index < -0.39 is 6.10 Å². The molecule has 0 saturated heterocycles. The van der Waals surface area contributed by atoms with Crippen LogP contribution in [0.5, 0.6) is 5.75 Å². The molecule has 1 unspecified atom stereocenters. The van der Waals surface area contributed by atoms with Crippen LogP contribution in [0, 0.1) is 0 Å². The Labute approximate surface area is 157 Å². The van der Waals surface area contributed by atoms with Crippen molar-refractivity contribution in [2.24, 2.45) is 0 Å². The fourth-order valence-corrected chi connectivity index (χ4v) is 3.02. The van der Waals surface area contributed by atoms with Crippen LogP contribution in [-0.4, -0.2) is 17.9 Å². The van der Waals surface area contributed by atoms with E-state index in [0.717, 1.165) is 23.2 Å². The van der Waals surface area contributed by atoms with Gasteiger partial charge in [-0.3, -0.25) is 9.59 Å². The lowest BCUT2D eigenvalue weighted by atomic mass is 10.1. The zero-order valence-corrected chi connectivity index (χ0v) is 15.3. The van der Waals surface area contributed by atoms with Crippen molar-refractivity contribution < 1.29 is 14.3 Å². The van der Waals surface area contributed by atoms with Gasteiger partial charge in [0, 0.05) is 30.1 Å². The summed E-state index contributed by atoms with van der Waals surface area (Å²) in [6.45, 7) is 2.37. The highest BCUT2D eigenvalue weighted by atomic mass is 35.5. The van der Waals surface area contributed by atoms with Crippen LogP contribution in [-0.2, 0) is 22.6 Å². The number of benzene rings is 2. The second-order valence-electron chi connectivity index (χ2n) is 6.28. The molecule has 0 radical (unpaired) electrons. The Kier molecular flexibility index (Phi) is 5.78. The number of rotatable bonds is 6. The number of hydrogen-bond donors (Lipinski definition) is 2. The maximum absolute atomic E-state index is 12.3. The Morgan fingerprint density at radius 1 is 1.19 bits per heavy atom. The third kappa shape index (κ3) is 4.55. The molecule has 1 aliphatic rings. The maximum atomic E-state index is 12.3. The van der Waals surface area contributed by atoms with E-state index in [2.05, 4.69) is 10.6 Å². The topological polar surface area (TPSA) is 67.4 Å². The largest absolute Gasteiger partial charge is 0.480 e. The molecule has 26 heavy (non-hydrogen) atoms. The minimum absolute atomic E-state index is 0.00612. The molecule has 3 rings (SSSR count). The Balaban J connectivity index is 1.50. The summed E-state index contributed by atoms with van der Waals surface area (Å²) in [6, 6.07) is 12.8. The van der Waals surface area contributed by atoms with E-state index in [1.807, 2.05) is 37.3 Å². The van der Waals surface area contributed by atoms with Gasteiger partial charge < -0.3 is 15.4 Å². The number of fused-ring (bicyclic) bond motifs is 1. The Bertz CT molecular complexity index is 805. The summed E-state index contributed by atoms with van der Waals surface area (Å²) in [4.78, 5) is 23.9. The van der Waals surface area contributed by atoms with Crippen LogP contribution >= 0.6 is 11.6 Å². The average molecular weight is 373 g/mol. The van der Waals surface area contributed by atoms with E-state index in [-0.39, 0.29) is 11.8 Å². The van der Waals surface area contributed by atoms with Crippen molar-refractivity contribution >= 4 is 29.1 Å². The summed E-state index contributed by atoms with van der Waals surface area (Å²) < 4.78 is 5.68. The van der Waals surface area contributed by atoms with Gasteiger partial charge in [0.05, 0.1) is 0 Å². The van der Waals surface area contributed by atoms with Crippen molar-refractivity contribution in [3.05, 3.63) is 58.6 Å². The monoisotopic (exact) mass is 372 g/mol. The highest BCUT2D eigenvalue weighted by Crippen LogP contribution is 2.31. The summed E-state index contributed by atoms with van der Waals surface area (Å²) in [7, 11) is 0. The third-order valence-corrected chi connectivity index (χ3v) is 4.41. The molecule has 2 N–H and O–H groups in total. The van der Waals surface area contributed by atoms with Crippen molar-refractivity contribution in [3.63, 3.8) is 0 Å². The zero-order valence-electron chi connectivity index (χ0n) is 14.5. The molecule has 0 spiro atoms. The molecule has 2 amide bonds. The van der Waals surface area contributed by atoms with E-state index in [4.69, 9.17) is 16.3 Å². The van der Waals surface area contributed by atoms with E-state index in [9.17, 15) is 9.59 Å².